The van der Waals surface area contributed by atoms with Gasteiger partial charge in [0.15, 0.2) is 11.6 Å². The minimum Gasteiger partial charge on any atom is -0.206 e. The van der Waals surface area contributed by atoms with E-state index in [9.17, 15) is 13.2 Å². The quantitative estimate of drug-likeness (QED) is 0.345. The highest BCUT2D eigenvalue weighted by Crippen LogP contribution is 2.35. The summed E-state index contributed by atoms with van der Waals surface area (Å²) in [7, 11) is 0. The Morgan fingerprint density at radius 1 is 0.750 bits per heavy atom. The van der Waals surface area contributed by atoms with Crippen molar-refractivity contribution in [3.63, 3.8) is 0 Å². The zero-order valence-electron chi connectivity index (χ0n) is 19.2. The standard InChI is InChI=1S/C29H33F3/c1-3-5-23-16-17-24-18-25(28(31)29(32)26(24)27(23)30)22-14-12-21(13-15-22)11-10-20-8-6-19(4-2)7-9-20/h12-20H,3-11H2,1-2H3. The second kappa shape index (κ2) is 10.1. The van der Waals surface area contributed by atoms with E-state index in [2.05, 4.69) is 6.92 Å². The van der Waals surface area contributed by atoms with Gasteiger partial charge in [0.2, 0.25) is 0 Å². The Morgan fingerprint density at radius 3 is 2.09 bits per heavy atom. The van der Waals surface area contributed by atoms with Crippen LogP contribution in [0.1, 0.15) is 69.9 Å². The molecule has 1 aliphatic carbocycles. The maximum atomic E-state index is 14.9. The summed E-state index contributed by atoms with van der Waals surface area (Å²) in [5, 5.41) is 0.148. The molecule has 4 rings (SSSR count). The van der Waals surface area contributed by atoms with Crippen LogP contribution in [0.25, 0.3) is 21.9 Å². The third-order valence-electron chi connectivity index (χ3n) is 7.37. The Labute approximate surface area is 189 Å². The lowest BCUT2D eigenvalue weighted by Crippen LogP contribution is -2.14. The summed E-state index contributed by atoms with van der Waals surface area (Å²) in [6.07, 6.45) is 10.1. The first-order chi connectivity index (χ1) is 15.5. The molecule has 32 heavy (non-hydrogen) atoms. The topological polar surface area (TPSA) is 0 Å². The molecule has 3 heteroatoms. The van der Waals surface area contributed by atoms with Gasteiger partial charge in [-0.05, 0) is 59.2 Å². The van der Waals surface area contributed by atoms with Crippen LogP contribution < -0.4 is 0 Å². The molecular formula is C29H33F3. The Balaban J connectivity index is 1.52. The average molecular weight is 439 g/mol. The molecule has 170 valence electrons. The second-order valence-corrected chi connectivity index (χ2v) is 9.47. The Kier molecular flexibility index (Phi) is 7.23. The first-order valence-electron chi connectivity index (χ1n) is 12.2. The van der Waals surface area contributed by atoms with E-state index < -0.39 is 17.5 Å². The van der Waals surface area contributed by atoms with Crippen LogP contribution >= 0.6 is 0 Å². The van der Waals surface area contributed by atoms with Crippen molar-refractivity contribution in [3.8, 4) is 11.1 Å². The molecule has 0 aromatic heterocycles. The summed E-state index contributed by atoms with van der Waals surface area (Å²) in [4.78, 5) is 0. The van der Waals surface area contributed by atoms with Gasteiger partial charge in [-0.3, -0.25) is 0 Å². The summed E-state index contributed by atoms with van der Waals surface area (Å²) in [6, 6.07) is 12.7. The van der Waals surface area contributed by atoms with Crippen molar-refractivity contribution < 1.29 is 13.2 Å². The largest absolute Gasteiger partial charge is 0.206 e. The highest BCUT2D eigenvalue weighted by molar-refractivity contribution is 5.89. The van der Waals surface area contributed by atoms with Crippen LogP contribution in [0, 0.1) is 29.3 Å². The van der Waals surface area contributed by atoms with E-state index in [0.717, 1.165) is 24.7 Å². The first kappa shape index (κ1) is 22.9. The highest BCUT2D eigenvalue weighted by atomic mass is 19.2. The van der Waals surface area contributed by atoms with Crippen LogP contribution in [0.4, 0.5) is 13.2 Å². The van der Waals surface area contributed by atoms with Crippen molar-refractivity contribution in [3.05, 3.63) is 71.0 Å². The number of halogens is 3. The lowest BCUT2D eigenvalue weighted by molar-refractivity contribution is 0.259. The molecule has 0 amide bonds. The lowest BCUT2D eigenvalue weighted by atomic mass is 9.78. The van der Waals surface area contributed by atoms with Crippen LogP contribution in [0.5, 0.6) is 0 Å². The fourth-order valence-corrected chi connectivity index (χ4v) is 5.25. The van der Waals surface area contributed by atoms with Gasteiger partial charge in [0, 0.05) is 5.56 Å². The van der Waals surface area contributed by atoms with Gasteiger partial charge in [0.1, 0.15) is 5.82 Å². The summed E-state index contributed by atoms with van der Waals surface area (Å²) < 4.78 is 44.6. The Hall–Kier alpha value is -2.29. The van der Waals surface area contributed by atoms with Crippen LogP contribution in [-0.4, -0.2) is 0 Å². The third-order valence-corrected chi connectivity index (χ3v) is 7.37. The molecule has 1 saturated carbocycles. The number of hydrogen-bond acceptors (Lipinski definition) is 0. The van der Waals surface area contributed by atoms with Crippen LogP contribution in [-0.2, 0) is 12.8 Å². The van der Waals surface area contributed by atoms with Crippen molar-refractivity contribution in [2.24, 2.45) is 11.8 Å². The van der Waals surface area contributed by atoms with Crippen LogP contribution in [0.2, 0.25) is 0 Å². The van der Waals surface area contributed by atoms with Crippen molar-refractivity contribution in [2.45, 2.75) is 71.6 Å². The van der Waals surface area contributed by atoms with E-state index in [0.29, 0.717) is 22.9 Å². The molecule has 0 N–H and O–H groups in total. The van der Waals surface area contributed by atoms with Gasteiger partial charge in [-0.1, -0.05) is 88.8 Å². The SMILES string of the molecule is CCCc1ccc2cc(-c3ccc(CCC4CCC(CC)CC4)cc3)c(F)c(F)c2c1F. The zero-order chi connectivity index (χ0) is 22.7. The van der Waals surface area contributed by atoms with Crippen LogP contribution in [0.15, 0.2) is 42.5 Å². The Bertz CT molecular complexity index is 1060. The van der Waals surface area contributed by atoms with Gasteiger partial charge < -0.3 is 0 Å². The minimum atomic E-state index is -1.10. The molecule has 0 nitrogen and oxygen atoms in total. The predicted molar refractivity (Wildman–Crippen MR) is 127 cm³/mol. The van der Waals surface area contributed by atoms with E-state index in [1.165, 1.54) is 44.1 Å². The van der Waals surface area contributed by atoms with Gasteiger partial charge in [-0.2, -0.15) is 0 Å². The predicted octanol–water partition coefficient (Wildman–Crippen LogP) is 9.03. The van der Waals surface area contributed by atoms with E-state index in [1.807, 2.05) is 31.2 Å². The maximum absolute atomic E-state index is 14.9. The van der Waals surface area contributed by atoms with Crippen LogP contribution in [0.3, 0.4) is 0 Å². The molecule has 0 aliphatic heterocycles. The monoisotopic (exact) mass is 438 g/mol. The molecule has 0 bridgehead atoms. The molecule has 1 aliphatic rings. The van der Waals surface area contributed by atoms with Gasteiger partial charge in [-0.25, -0.2) is 13.2 Å². The number of rotatable bonds is 7. The molecule has 3 aromatic carbocycles. The summed E-state index contributed by atoms with van der Waals surface area (Å²) >= 11 is 0. The molecule has 3 aromatic rings. The average Bonchev–Trinajstić information content (AvgIpc) is 2.82. The van der Waals surface area contributed by atoms with Gasteiger partial charge in [0.25, 0.3) is 0 Å². The molecule has 1 fully saturated rings. The second-order valence-electron chi connectivity index (χ2n) is 9.47. The van der Waals surface area contributed by atoms with E-state index >= 15 is 0 Å². The van der Waals surface area contributed by atoms with Gasteiger partial charge >= 0.3 is 0 Å². The zero-order valence-corrected chi connectivity index (χ0v) is 19.2. The fraction of sp³-hybridized carbons (Fsp3) is 0.448. The smallest absolute Gasteiger partial charge is 0.170 e. The molecule has 0 radical (unpaired) electrons. The third kappa shape index (κ3) is 4.72. The van der Waals surface area contributed by atoms with Crippen molar-refractivity contribution >= 4 is 10.8 Å². The van der Waals surface area contributed by atoms with Crippen molar-refractivity contribution in [1.82, 2.24) is 0 Å². The molecule has 0 atom stereocenters. The summed E-state index contributed by atoms with van der Waals surface area (Å²) in [6.45, 7) is 4.22. The summed E-state index contributed by atoms with van der Waals surface area (Å²) in [5.74, 6) is -1.01. The lowest BCUT2D eigenvalue weighted by Gasteiger charge is -2.27. The fourth-order valence-electron chi connectivity index (χ4n) is 5.25. The number of aryl methyl sites for hydroxylation is 2. The maximum Gasteiger partial charge on any atom is 0.170 e. The first-order valence-corrected chi connectivity index (χ1v) is 12.2. The molecule has 0 heterocycles. The minimum absolute atomic E-state index is 0.182. The normalized spacial score (nSPS) is 18.9. The molecular weight excluding hydrogens is 405 g/mol. The highest BCUT2D eigenvalue weighted by Gasteiger charge is 2.21. The molecule has 0 unspecified atom stereocenters. The van der Waals surface area contributed by atoms with Gasteiger partial charge in [-0.15, -0.1) is 0 Å². The summed E-state index contributed by atoms with van der Waals surface area (Å²) in [5.41, 5.74) is 2.46. The van der Waals surface area contributed by atoms with Crippen molar-refractivity contribution in [2.75, 3.05) is 0 Å². The van der Waals surface area contributed by atoms with Crippen molar-refractivity contribution in [1.29, 1.82) is 0 Å². The number of hydrogen-bond donors (Lipinski definition) is 0. The van der Waals surface area contributed by atoms with E-state index in [-0.39, 0.29) is 10.9 Å². The Morgan fingerprint density at radius 2 is 1.44 bits per heavy atom. The molecule has 0 saturated heterocycles. The number of fused-ring (bicyclic) bond motifs is 1. The van der Waals surface area contributed by atoms with E-state index in [1.54, 1.807) is 18.2 Å². The molecule has 0 spiro atoms. The van der Waals surface area contributed by atoms with E-state index in [4.69, 9.17) is 0 Å². The van der Waals surface area contributed by atoms with Gasteiger partial charge in [0.05, 0.1) is 5.39 Å². The number of benzene rings is 3.